The molecule has 0 heterocycles. The number of hydrogen-bond donors (Lipinski definition) is 1. The Morgan fingerprint density at radius 3 is 1.19 bits per heavy atom. The number of esters is 1. The molecule has 0 saturated carbocycles. The Morgan fingerprint density at radius 2 is 0.797 bits per heavy atom. The van der Waals surface area contributed by atoms with Crippen molar-refractivity contribution in [3.63, 3.8) is 0 Å². The molecular formula is C60H101NO7P+. The number of quaternary nitrogens is 1. The first kappa shape index (κ1) is 65.6. The number of phosphoric acid groups is 1. The molecule has 392 valence electrons. The maximum absolute atomic E-state index is 12.8. The lowest BCUT2D eigenvalue weighted by Gasteiger charge is -2.24. The maximum Gasteiger partial charge on any atom is 0.472 e. The molecule has 0 radical (unpaired) electrons. The van der Waals surface area contributed by atoms with Gasteiger partial charge in [-0.25, -0.2) is 4.57 Å². The van der Waals surface area contributed by atoms with Crippen molar-refractivity contribution in [3.05, 3.63) is 134 Å². The summed E-state index contributed by atoms with van der Waals surface area (Å²) in [5.74, 6) is -0.362. The zero-order valence-electron chi connectivity index (χ0n) is 44.5. The van der Waals surface area contributed by atoms with Crippen molar-refractivity contribution < 1.29 is 37.3 Å². The Balaban J connectivity index is 4.23. The van der Waals surface area contributed by atoms with Gasteiger partial charge in [0, 0.05) is 13.0 Å². The first-order valence-corrected chi connectivity index (χ1v) is 28.4. The standard InChI is InChI=1S/C60H100NO7P/c1-6-8-10-12-14-16-18-20-22-24-26-28-29-30-31-32-34-36-38-40-42-44-46-48-50-52-55-65-57-59(58-67-69(63,64)66-56-54-61(3,4)5)68-60(62)53-51-49-47-45-43-41-39-37-35-33-27-25-23-21-19-17-15-13-11-9-7-2/h8-11,14-17,20-23,26-28,30-31,33,37,39,43,45,59H,6-7,12-13,18-19,24-25,29,32,34-36,38,40-42,44,46-58H2,1-5H3/p+1/b10-8-,11-9-,16-14-,17-15-,22-20-,23-21-,28-26-,31-30-,33-27-,39-37-,45-43-. The number of likely N-dealkylation sites (N-methyl/N-ethyl adjacent to an activating group) is 1. The largest absolute Gasteiger partial charge is 0.472 e. The van der Waals surface area contributed by atoms with Gasteiger partial charge in [-0.15, -0.1) is 0 Å². The molecule has 2 atom stereocenters. The third kappa shape index (κ3) is 55.4. The van der Waals surface area contributed by atoms with Gasteiger partial charge < -0.3 is 18.9 Å². The minimum atomic E-state index is -4.31. The van der Waals surface area contributed by atoms with E-state index in [1.807, 2.05) is 21.1 Å². The zero-order valence-corrected chi connectivity index (χ0v) is 45.4. The molecule has 0 spiro atoms. The summed E-state index contributed by atoms with van der Waals surface area (Å²) in [4.78, 5) is 23.0. The molecule has 1 N–H and O–H groups in total. The topological polar surface area (TPSA) is 91.3 Å². The average molecular weight is 979 g/mol. The first-order chi connectivity index (χ1) is 33.6. The third-order valence-electron chi connectivity index (χ3n) is 10.7. The Bertz CT molecular complexity index is 1560. The van der Waals surface area contributed by atoms with Crippen LogP contribution in [-0.4, -0.2) is 75.6 Å². The highest BCUT2D eigenvalue weighted by molar-refractivity contribution is 7.47. The fraction of sp³-hybridized carbons (Fsp3) is 0.617. The van der Waals surface area contributed by atoms with Gasteiger partial charge in [-0.05, 0) is 109 Å². The predicted molar refractivity (Wildman–Crippen MR) is 297 cm³/mol. The van der Waals surface area contributed by atoms with Crippen molar-refractivity contribution in [2.75, 3.05) is 54.1 Å². The molecule has 0 rings (SSSR count). The normalized spacial score (nSPS) is 14.6. The number of allylic oxidation sites excluding steroid dienone is 22. The highest BCUT2D eigenvalue weighted by Crippen LogP contribution is 2.43. The Kier molecular flexibility index (Phi) is 48.5. The van der Waals surface area contributed by atoms with E-state index in [1.54, 1.807) is 0 Å². The smallest absolute Gasteiger partial charge is 0.457 e. The molecule has 0 aromatic carbocycles. The van der Waals surface area contributed by atoms with E-state index in [0.717, 1.165) is 96.3 Å². The molecule has 9 heteroatoms. The van der Waals surface area contributed by atoms with E-state index in [0.29, 0.717) is 24.1 Å². The Morgan fingerprint density at radius 1 is 0.449 bits per heavy atom. The van der Waals surface area contributed by atoms with Gasteiger partial charge in [0.05, 0.1) is 34.4 Å². The molecule has 2 unspecified atom stereocenters. The van der Waals surface area contributed by atoms with Crippen molar-refractivity contribution in [1.82, 2.24) is 0 Å². The lowest BCUT2D eigenvalue weighted by atomic mass is 10.1. The number of rotatable bonds is 48. The van der Waals surface area contributed by atoms with Crippen LogP contribution in [0.25, 0.3) is 0 Å². The lowest BCUT2D eigenvalue weighted by Crippen LogP contribution is -2.37. The van der Waals surface area contributed by atoms with E-state index in [2.05, 4.69) is 148 Å². The molecule has 0 fully saturated rings. The lowest BCUT2D eigenvalue weighted by molar-refractivity contribution is -0.870. The van der Waals surface area contributed by atoms with Gasteiger partial charge >= 0.3 is 13.8 Å². The molecule has 0 saturated heterocycles. The highest BCUT2D eigenvalue weighted by atomic mass is 31.2. The van der Waals surface area contributed by atoms with Crippen LogP contribution in [0.15, 0.2) is 134 Å². The van der Waals surface area contributed by atoms with E-state index in [1.165, 1.54) is 57.8 Å². The van der Waals surface area contributed by atoms with E-state index in [9.17, 15) is 14.3 Å². The van der Waals surface area contributed by atoms with Gasteiger partial charge in [-0.1, -0.05) is 199 Å². The molecular weight excluding hydrogens is 878 g/mol. The van der Waals surface area contributed by atoms with E-state index < -0.39 is 13.9 Å². The quantitative estimate of drug-likeness (QED) is 0.0213. The number of ether oxygens (including phenoxy) is 2. The van der Waals surface area contributed by atoms with Crippen LogP contribution in [0.3, 0.4) is 0 Å². The van der Waals surface area contributed by atoms with Gasteiger partial charge in [-0.2, -0.15) is 0 Å². The number of hydrogen-bond acceptors (Lipinski definition) is 6. The van der Waals surface area contributed by atoms with Crippen LogP contribution >= 0.6 is 7.82 Å². The van der Waals surface area contributed by atoms with E-state index in [4.69, 9.17) is 18.5 Å². The summed E-state index contributed by atoms with van der Waals surface area (Å²) in [5, 5.41) is 0. The molecule has 0 aliphatic heterocycles. The molecule has 0 aromatic rings. The number of nitrogens with zero attached hydrogens (tertiary/aromatic N) is 1. The third-order valence-corrected chi connectivity index (χ3v) is 11.7. The van der Waals surface area contributed by atoms with Crippen molar-refractivity contribution in [3.8, 4) is 0 Å². The summed E-state index contributed by atoms with van der Waals surface area (Å²) < 4.78 is 35.1. The second-order valence-electron chi connectivity index (χ2n) is 18.5. The number of carbonyl (C=O) groups is 1. The maximum atomic E-state index is 12.8. The van der Waals surface area contributed by atoms with Gasteiger partial charge in [-0.3, -0.25) is 13.8 Å². The Labute approximate surface area is 424 Å². The second kappa shape index (κ2) is 51.0. The second-order valence-corrected chi connectivity index (χ2v) is 19.9. The van der Waals surface area contributed by atoms with Crippen molar-refractivity contribution in [2.45, 2.75) is 187 Å². The predicted octanol–water partition coefficient (Wildman–Crippen LogP) is 17.1. The number of carbonyl (C=O) groups excluding carboxylic acids is 1. The number of phosphoric ester groups is 1. The summed E-state index contributed by atoms with van der Waals surface area (Å²) in [6, 6.07) is 0. The molecule has 8 nitrogen and oxygen atoms in total. The van der Waals surface area contributed by atoms with Crippen LogP contribution in [-0.2, 0) is 27.9 Å². The van der Waals surface area contributed by atoms with Gasteiger partial charge in [0.25, 0.3) is 0 Å². The molecule has 0 aromatic heterocycles. The van der Waals surface area contributed by atoms with Crippen molar-refractivity contribution >= 4 is 13.8 Å². The molecule has 0 bridgehead atoms. The van der Waals surface area contributed by atoms with Crippen LogP contribution in [0, 0.1) is 0 Å². The van der Waals surface area contributed by atoms with E-state index in [-0.39, 0.29) is 32.2 Å². The van der Waals surface area contributed by atoms with Gasteiger partial charge in [0.15, 0.2) is 0 Å². The highest BCUT2D eigenvalue weighted by Gasteiger charge is 2.26. The molecule has 0 aliphatic carbocycles. The van der Waals surface area contributed by atoms with Crippen molar-refractivity contribution in [1.29, 1.82) is 0 Å². The van der Waals surface area contributed by atoms with Gasteiger partial charge in [0.1, 0.15) is 19.3 Å². The Hall–Kier alpha value is -3.36. The minimum Gasteiger partial charge on any atom is -0.457 e. The monoisotopic (exact) mass is 979 g/mol. The summed E-state index contributed by atoms with van der Waals surface area (Å²) in [6.07, 6.45) is 75.1. The average Bonchev–Trinajstić information content (AvgIpc) is 3.31. The van der Waals surface area contributed by atoms with Crippen LogP contribution in [0.2, 0.25) is 0 Å². The number of unbranched alkanes of at least 4 members (excludes halogenated alkanes) is 12. The first-order valence-electron chi connectivity index (χ1n) is 26.9. The minimum absolute atomic E-state index is 0.0709. The van der Waals surface area contributed by atoms with Gasteiger partial charge in [0.2, 0.25) is 0 Å². The SMILES string of the molecule is CC/C=C\C/C=C\C/C=C\C/C=C\C/C=C\C/C=C\CCCCC(=O)OC(COCCCCCCCCCCCC/C=C\C/C=C\C/C=C\C/C=C\C/C=C\CC)COP(=O)(O)OCC[N+](C)(C)C. The molecule has 0 aliphatic rings. The van der Waals surface area contributed by atoms with Crippen LogP contribution in [0.5, 0.6) is 0 Å². The summed E-state index contributed by atoms with van der Waals surface area (Å²) in [5.41, 5.74) is 0. The molecule has 0 amide bonds. The van der Waals surface area contributed by atoms with E-state index >= 15 is 0 Å². The summed E-state index contributed by atoms with van der Waals surface area (Å²) in [6.45, 7) is 5.29. The molecule has 69 heavy (non-hydrogen) atoms. The van der Waals surface area contributed by atoms with Crippen molar-refractivity contribution in [2.24, 2.45) is 0 Å². The zero-order chi connectivity index (χ0) is 50.5. The fourth-order valence-electron chi connectivity index (χ4n) is 6.64. The fourth-order valence-corrected chi connectivity index (χ4v) is 7.38. The van der Waals surface area contributed by atoms with Crippen LogP contribution in [0.4, 0.5) is 0 Å². The summed E-state index contributed by atoms with van der Waals surface area (Å²) in [7, 11) is 1.61. The van der Waals surface area contributed by atoms with Crippen LogP contribution < -0.4 is 0 Å². The summed E-state index contributed by atoms with van der Waals surface area (Å²) >= 11 is 0. The van der Waals surface area contributed by atoms with Crippen LogP contribution in [0.1, 0.15) is 181 Å².